The zero-order valence-corrected chi connectivity index (χ0v) is 17.2. The van der Waals surface area contributed by atoms with Crippen LogP contribution >= 0.6 is 0 Å². The summed E-state index contributed by atoms with van der Waals surface area (Å²) in [6.07, 6.45) is 1.76. The SMILES string of the molecule is CCC(C)C(=O)N[C@@H](CC(C)C)C(=O)C[C@@H](Cc1ccccc1)C(=O)OC. The minimum absolute atomic E-state index is 0.0553. The molecule has 1 amide bonds. The van der Waals surface area contributed by atoms with Crippen LogP contribution in [0.2, 0.25) is 0 Å². The van der Waals surface area contributed by atoms with Gasteiger partial charge >= 0.3 is 5.97 Å². The number of hydrogen-bond donors (Lipinski definition) is 1. The summed E-state index contributed by atoms with van der Waals surface area (Å²) in [5.74, 6) is -1.08. The molecule has 0 saturated heterocycles. The minimum Gasteiger partial charge on any atom is -0.469 e. The van der Waals surface area contributed by atoms with Crippen LogP contribution in [0.5, 0.6) is 0 Å². The summed E-state index contributed by atoms with van der Waals surface area (Å²) in [4.78, 5) is 37.4. The number of Topliss-reactive ketones (excluding diaryl/α,β-unsaturated/α-hetero) is 1. The summed E-state index contributed by atoms with van der Waals surface area (Å²) in [7, 11) is 1.33. The molecular weight excluding hydrogens is 342 g/mol. The Balaban J connectivity index is 2.89. The Bertz CT molecular complexity index is 612. The van der Waals surface area contributed by atoms with E-state index in [1.165, 1.54) is 7.11 Å². The van der Waals surface area contributed by atoms with E-state index in [0.29, 0.717) is 19.3 Å². The summed E-state index contributed by atoms with van der Waals surface area (Å²) in [5, 5.41) is 2.88. The first kappa shape index (κ1) is 22.9. The number of carbonyl (C=O) groups is 3. The Hall–Kier alpha value is -2.17. The van der Waals surface area contributed by atoms with Crippen LogP contribution in [0.4, 0.5) is 0 Å². The average Bonchev–Trinajstić information content (AvgIpc) is 2.65. The smallest absolute Gasteiger partial charge is 0.309 e. The largest absolute Gasteiger partial charge is 0.469 e. The molecular formula is C22H33NO4. The number of esters is 1. The number of methoxy groups -OCH3 is 1. The van der Waals surface area contributed by atoms with Crippen LogP contribution in [-0.4, -0.2) is 30.8 Å². The second kappa shape index (κ2) is 11.5. The highest BCUT2D eigenvalue weighted by molar-refractivity contribution is 5.92. The normalized spacial score (nSPS) is 14.3. The first-order chi connectivity index (χ1) is 12.8. The fourth-order valence-electron chi connectivity index (χ4n) is 2.93. The quantitative estimate of drug-likeness (QED) is 0.600. The third-order valence-electron chi connectivity index (χ3n) is 4.78. The highest BCUT2D eigenvalue weighted by Crippen LogP contribution is 2.18. The predicted octanol–water partition coefficient (Wildman–Crippen LogP) is 3.55. The van der Waals surface area contributed by atoms with Gasteiger partial charge < -0.3 is 10.1 Å². The van der Waals surface area contributed by atoms with Crippen LogP contribution in [-0.2, 0) is 25.5 Å². The molecule has 0 bridgehead atoms. The molecule has 5 heteroatoms. The van der Waals surface area contributed by atoms with Gasteiger partial charge in [0.2, 0.25) is 5.91 Å². The van der Waals surface area contributed by atoms with E-state index in [9.17, 15) is 14.4 Å². The van der Waals surface area contributed by atoms with Gasteiger partial charge in [-0.05, 0) is 30.7 Å². The fourth-order valence-corrected chi connectivity index (χ4v) is 2.93. The molecule has 3 atom stereocenters. The molecule has 1 aromatic rings. The van der Waals surface area contributed by atoms with E-state index in [2.05, 4.69) is 5.32 Å². The standard InChI is InChI=1S/C22H33NO4/c1-6-16(4)21(25)23-19(12-15(2)3)20(24)14-18(22(26)27-5)13-17-10-8-7-9-11-17/h7-11,15-16,18-19H,6,12-14H2,1-5H3,(H,23,25)/t16?,18-,19+/m1/s1. The number of hydrogen-bond acceptors (Lipinski definition) is 4. The average molecular weight is 376 g/mol. The molecule has 0 aromatic heterocycles. The van der Waals surface area contributed by atoms with E-state index in [1.54, 1.807) is 0 Å². The molecule has 0 aliphatic carbocycles. The van der Waals surface area contributed by atoms with E-state index in [4.69, 9.17) is 4.74 Å². The van der Waals surface area contributed by atoms with Gasteiger partial charge in [0.1, 0.15) is 0 Å². The van der Waals surface area contributed by atoms with E-state index in [-0.39, 0.29) is 29.9 Å². The van der Waals surface area contributed by atoms with Gasteiger partial charge in [0.15, 0.2) is 5.78 Å². The van der Waals surface area contributed by atoms with Crippen molar-refractivity contribution in [2.75, 3.05) is 7.11 Å². The first-order valence-corrected chi connectivity index (χ1v) is 9.73. The Morgan fingerprint density at radius 2 is 1.70 bits per heavy atom. The van der Waals surface area contributed by atoms with Crippen LogP contribution < -0.4 is 5.32 Å². The predicted molar refractivity (Wildman–Crippen MR) is 106 cm³/mol. The maximum absolute atomic E-state index is 12.9. The Morgan fingerprint density at radius 3 is 2.22 bits per heavy atom. The summed E-state index contributed by atoms with van der Waals surface area (Å²) in [6, 6.07) is 8.99. The maximum atomic E-state index is 12.9. The molecule has 0 aliphatic rings. The van der Waals surface area contributed by atoms with Crippen molar-refractivity contribution in [2.24, 2.45) is 17.8 Å². The molecule has 0 saturated carbocycles. The summed E-state index contributed by atoms with van der Waals surface area (Å²) in [6.45, 7) is 7.81. The molecule has 0 aliphatic heterocycles. The lowest BCUT2D eigenvalue weighted by molar-refractivity contribution is -0.147. The Kier molecular flexibility index (Phi) is 9.76. The summed E-state index contributed by atoms with van der Waals surface area (Å²) < 4.78 is 4.90. The van der Waals surface area contributed by atoms with Crippen molar-refractivity contribution < 1.29 is 19.1 Å². The number of carbonyl (C=O) groups excluding carboxylic acids is 3. The van der Waals surface area contributed by atoms with E-state index in [1.807, 2.05) is 58.0 Å². The second-order valence-corrected chi connectivity index (χ2v) is 7.58. The second-order valence-electron chi connectivity index (χ2n) is 7.58. The molecule has 0 fully saturated rings. The number of rotatable bonds is 11. The monoisotopic (exact) mass is 375 g/mol. The van der Waals surface area contributed by atoms with Crippen molar-refractivity contribution in [3.05, 3.63) is 35.9 Å². The van der Waals surface area contributed by atoms with Crippen molar-refractivity contribution in [1.29, 1.82) is 0 Å². The molecule has 1 rings (SSSR count). The minimum atomic E-state index is -0.575. The number of ketones is 1. The third kappa shape index (κ3) is 7.94. The van der Waals surface area contributed by atoms with Gasteiger partial charge in [-0.3, -0.25) is 14.4 Å². The van der Waals surface area contributed by atoms with Gasteiger partial charge in [-0.25, -0.2) is 0 Å². The lowest BCUT2D eigenvalue weighted by Crippen LogP contribution is -2.44. The first-order valence-electron chi connectivity index (χ1n) is 9.73. The highest BCUT2D eigenvalue weighted by atomic mass is 16.5. The van der Waals surface area contributed by atoms with Crippen LogP contribution in [0.15, 0.2) is 30.3 Å². The lowest BCUT2D eigenvalue weighted by atomic mass is 9.89. The topological polar surface area (TPSA) is 72.5 Å². The number of amides is 1. The Morgan fingerprint density at radius 1 is 1.07 bits per heavy atom. The summed E-state index contributed by atoms with van der Waals surface area (Å²) in [5.41, 5.74) is 0.977. The van der Waals surface area contributed by atoms with Crippen molar-refractivity contribution in [2.45, 2.75) is 59.4 Å². The van der Waals surface area contributed by atoms with Crippen molar-refractivity contribution in [3.63, 3.8) is 0 Å². The van der Waals surface area contributed by atoms with Gasteiger partial charge in [0, 0.05) is 12.3 Å². The van der Waals surface area contributed by atoms with Gasteiger partial charge in [-0.2, -0.15) is 0 Å². The van der Waals surface area contributed by atoms with Gasteiger partial charge in [-0.1, -0.05) is 58.0 Å². The number of nitrogens with one attached hydrogen (secondary N) is 1. The van der Waals surface area contributed by atoms with Crippen LogP contribution in [0.3, 0.4) is 0 Å². The summed E-state index contributed by atoms with van der Waals surface area (Å²) >= 11 is 0. The van der Waals surface area contributed by atoms with Gasteiger partial charge in [0.25, 0.3) is 0 Å². The van der Waals surface area contributed by atoms with Crippen LogP contribution in [0.1, 0.15) is 52.5 Å². The third-order valence-corrected chi connectivity index (χ3v) is 4.78. The number of benzene rings is 1. The van der Waals surface area contributed by atoms with Crippen molar-refractivity contribution in [3.8, 4) is 0 Å². The highest BCUT2D eigenvalue weighted by Gasteiger charge is 2.29. The van der Waals surface area contributed by atoms with Gasteiger partial charge in [-0.15, -0.1) is 0 Å². The molecule has 0 radical (unpaired) electrons. The Labute approximate surface area is 162 Å². The van der Waals surface area contributed by atoms with E-state index >= 15 is 0 Å². The number of ether oxygens (including phenoxy) is 1. The zero-order valence-electron chi connectivity index (χ0n) is 17.2. The van der Waals surface area contributed by atoms with E-state index < -0.39 is 17.9 Å². The van der Waals surface area contributed by atoms with Gasteiger partial charge in [0.05, 0.1) is 19.1 Å². The molecule has 0 spiro atoms. The molecule has 5 nitrogen and oxygen atoms in total. The lowest BCUT2D eigenvalue weighted by Gasteiger charge is -2.23. The fraction of sp³-hybridized carbons (Fsp3) is 0.591. The van der Waals surface area contributed by atoms with Crippen molar-refractivity contribution >= 4 is 17.7 Å². The van der Waals surface area contributed by atoms with Crippen LogP contribution in [0, 0.1) is 17.8 Å². The molecule has 0 heterocycles. The van der Waals surface area contributed by atoms with E-state index in [0.717, 1.165) is 5.56 Å². The van der Waals surface area contributed by atoms with Crippen LogP contribution in [0.25, 0.3) is 0 Å². The molecule has 1 N–H and O–H groups in total. The molecule has 1 aromatic carbocycles. The maximum Gasteiger partial charge on any atom is 0.309 e. The molecule has 27 heavy (non-hydrogen) atoms. The molecule has 1 unspecified atom stereocenters. The van der Waals surface area contributed by atoms with Crippen molar-refractivity contribution in [1.82, 2.24) is 5.32 Å². The molecule has 150 valence electrons. The zero-order chi connectivity index (χ0) is 20.4.